The summed E-state index contributed by atoms with van der Waals surface area (Å²) in [7, 11) is 0. The van der Waals surface area contributed by atoms with E-state index in [-0.39, 0.29) is 29.5 Å². The molecule has 4 aromatic carbocycles. The van der Waals surface area contributed by atoms with Gasteiger partial charge >= 0.3 is 0 Å². The van der Waals surface area contributed by atoms with E-state index in [9.17, 15) is 14.7 Å². The predicted molar refractivity (Wildman–Crippen MR) is 186 cm³/mol. The summed E-state index contributed by atoms with van der Waals surface area (Å²) in [6, 6.07) is 21.1. The van der Waals surface area contributed by atoms with Crippen LogP contribution in [0, 0.1) is 17.8 Å². The highest BCUT2D eigenvalue weighted by atomic mass is 35.5. The molecule has 3 saturated carbocycles. The number of fused-ring (bicyclic) bond motifs is 3. The van der Waals surface area contributed by atoms with Crippen LogP contribution in [0.25, 0.3) is 21.9 Å². The molecule has 9 heteroatoms. The molecule has 49 heavy (non-hydrogen) atoms. The quantitative estimate of drug-likeness (QED) is 0.156. The molecule has 0 spiro atoms. The van der Waals surface area contributed by atoms with Gasteiger partial charge in [-0.15, -0.1) is 0 Å². The van der Waals surface area contributed by atoms with Crippen LogP contribution in [-0.4, -0.2) is 35.0 Å². The Kier molecular flexibility index (Phi) is 9.48. The number of aliphatic hydroxyl groups excluding tert-OH is 1. The zero-order chi connectivity index (χ0) is 34.3. The first kappa shape index (κ1) is 33.6. The Labute approximate surface area is 290 Å². The van der Waals surface area contributed by atoms with Crippen molar-refractivity contribution in [3.8, 4) is 16.9 Å². The van der Waals surface area contributed by atoms with Gasteiger partial charge in [-0.05, 0) is 121 Å². The van der Waals surface area contributed by atoms with Crippen LogP contribution in [0.2, 0.25) is 5.02 Å². The Hall–Kier alpha value is -3.85. The highest BCUT2D eigenvalue weighted by molar-refractivity contribution is 6.30. The maximum atomic E-state index is 16.6. The second-order valence-electron chi connectivity index (χ2n) is 14.1. The molecular formula is C40H41ClF2N2O4. The number of Topliss-reactive ketones (excluding diaryl/α,β-unsaturated/α-hetero) is 1. The van der Waals surface area contributed by atoms with E-state index in [4.69, 9.17) is 22.1 Å². The lowest BCUT2D eigenvalue weighted by Gasteiger charge is -2.37. The summed E-state index contributed by atoms with van der Waals surface area (Å²) in [6.45, 7) is 0. The van der Waals surface area contributed by atoms with E-state index in [0.717, 1.165) is 60.6 Å². The van der Waals surface area contributed by atoms with Crippen molar-refractivity contribution in [1.29, 1.82) is 0 Å². The predicted octanol–water partition coefficient (Wildman–Crippen LogP) is 8.12. The smallest absolute Gasteiger partial charge is 0.300 e. The average Bonchev–Trinajstić information content (AvgIpc) is 3.71. The van der Waals surface area contributed by atoms with Crippen LogP contribution >= 0.6 is 11.6 Å². The maximum absolute atomic E-state index is 16.6. The van der Waals surface area contributed by atoms with Crippen LogP contribution in [0.3, 0.4) is 0 Å². The molecule has 3 aliphatic rings. The van der Waals surface area contributed by atoms with Crippen molar-refractivity contribution in [3.63, 3.8) is 0 Å². The van der Waals surface area contributed by atoms with Gasteiger partial charge in [0.2, 0.25) is 0 Å². The van der Waals surface area contributed by atoms with Crippen molar-refractivity contribution in [2.75, 3.05) is 0 Å². The van der Waals surface area contributed by atoms with Crippen molar-refractivity contribution in [3.05, 3.63) is 101 Å². The SMILES string of the molecule is NC1CC2CCC(C1)C2C(=O)[C@@H](NC(=O)[C@H](O)c1ccc2cc(OC3CCCC3)ccc2c1)C(F)(F)c1ccc(-c2ccc(Cl)cc2)cc1. The minimum Gasteiger partial charge on any atom is -0.490 e. The number of hydrogen-bond acceptors (Lipinski definition) is 5. The van der Waals surface area contributed by atoms with Gasteiger partial charge < -0.3 is 20.9 Å². The van der Waals surface area contributed by atoms with E-state index < -0.39 is 41.2 Å². The summed E-state index contributed by atoms with van der Waals surface area (Å²) < 4.78 is 39.3. The van der Waals surface area contributed by atoms with Gasteiger partial charge in [-0.2, -0.15) is 8.78 Å². The monoisotopic (exact) mass is 686 g/mol. The molecule has 7 rings (SSSR count). The third-order valence-electron chi connectivity index (χ3n) is 10.8. The standard InChI is InChI=1S/C40H41ClF2N2O4/c41-31-16-11-24(12-17-31)23-9-14-30(15-10-23)40(42,43)38(37(47)35-27-6-7-28(35)21-32(44)20-27)45-39(48)36(46)29-8-5-26-22-34(18-13-25(26)19-29)49-33-3-1-2-4-33/h5,8-19,22,27-28,32-33,35-36,38,46H,1-4,6-7,20-21,44H2,(H,45,48)/t27?,28?,32?,35?,36-,38-/m1/s1. The number of ketones is 1. The number of alkyl halides is 2. The van der Waals surface area contributed by atoms with Crippen molar-refractivity contribution < 1.29 is 28.2 Å². The minimum absolute atomic E-state index is 0.0735. The van der Waals surface area contributed by atoms with Crippen molar-refractivity contribution in [1.82, 2.24) is 5.32 Å². The number of carbonyl (C=O) groups is 2. The lowest BCUT2D eigenvalue weighted by atomic mass is 9.72. The molecule has 0 heterocycles. The molecule has 4 atom stereocenters. The number of aliphatic hydroxyl groups is 1. The Balaban J connectivity index is 1.14. The van der Waals surface area contributed by atoms with Gasteiger partial charge in [-0.1, -0.05) is 66.2 Å². The molecule has 4 aromatic rings. The summed E-state index contributed by atoms with van der Waals surface area (Å²) >= 11 is 6.01. The first-order valence-electron chi connectivity index (χ1n) is 17.3. The number of nitrogens with one attached hydrogen (secondary N) is 1. The van der Waals surface area contributed by atoms with Gasteiger partial charge in [0.05, 0.1) is 6.10 Å². The third kappa shape index (κ3) is 6.96. The molecule has 0 aliphatic heterocycles. The minimum atomic E-state index is -3.76. The molecule has 6 nitrogen and oxygen atoms in total. The lowest BCUT2D eigenvalue weighted by Crippen LogP contribution is -2.56. The zero-order valence-corrected chi connectivity index (χ0v) is 27.9. The van der Waals surface area contributed by atoms with Crippen molar-refractivity contribution in [2.24, 2.45) is 23.5 Å². The Morgan fingerprint density at radius 3 is 2.08 bits per heavy atom. The van der Waals surface area contributed by atoms with E-state index in [1.165, 1.54) is 12.1 Å². The van der Waals surface area contributed by atoms with Gasteiger partial charge in [0.1, 0.15) is 5.75 Å². The van der Waals surface area contributed by atoms with Gasteiger partial charge in [-0.25, -0.2) is 0 Å². The average molecular weight is 687 g/mol. The molecule has 3 aliphatic carbocycles. The number of hydrogen-bond donors (Lipinski definition) is 3. The summed E-state index contributed by atoms with van der Waals surface area (Å²) in [6.07, 6.45) is 5.47. The van der Waals surface area contributed by atoms with E-state index in [0.29, 0.717) is 23.4 Å². The second-order valence-corrected chi connectivity index (χ2v) is 14.5. The highest BCUT2D eigenvalue weighted by Crippen LogP contribution is 2.49. The Morgan fingerprint density at radius 2 is 1.43 bits per heavy atom. The van der Waals surface area contributed by atoms with Crippen LogP contribution < -0.4 is 15.8 Å². The summed E-state index contributed by atoms with van der Waals surface area (Å²) in [5, 5.41) is 15.7. The molecule has 1 amide bonds. The van der Waals surface area contributed by atoms with E-state index in [2.05, 4.69) is 5.32 Å². The maximum Gasteiger partial charge on any atom is 0.300 e. The number of halogens is 3. The molecule has 4 N–H and O–H groups in total. The molecule has 2 bridgehead atoms. The number of nitrogens with two attached hydrogens (primary N) is 1. The van der Waals surface area contributed by atoms with E-state index >= 15 is 8.78 Å². The van der Waals surface area contributed by atoms with Gasteiger partial charge in [-0.3, -0.25) is 9.59 Å². The lowest BCUT2D eigenvalue weighted by molar-refractivity contribution is -0.148. The number of rotatable bonds is 10. The van der Waals surface area contributed by atoms with Gasteiger partial charge in [0.15, 0.2) is 17.9 Å². The zero-order valence-electron chi connectivity index (χ0n) is 27.2. The van der Waals surface area contributed by atoms with Crippen LogP contribution in [0.1, 0.15) is 68.6 Å². The number of benzene rings is 4. The Morgan fingerprint density at radius 1 is 0.837 bits per heavy atom. The van der Waals surface area contributed by atoms with Crippen LogP contribution in [0.5, 0.6) is 5.75 Å². The molecule has 0 radical (unpaired) electrons. The van der Waals surface area contributed by atoms with Crippen LogP contribution in [0.4, 0.5) is 8.78 Å². The number of ether oxygens (including phenoxy) is 1. The summed E-state index contributed by atoms with van der Waals surface area (Å²) in [4.78, 5) is 27.8. The fourth-order valence-corrected chi connectivity index (χ4v) is 8.45. The second kappa shape index (κ2) is 13.8. The number of carbonyl (C=O) groups excluding carboxylic acids is 2. The molecule has 0 aromatic heterocycles. The molecule has 256 valence electrons. The summed E-state index contributed by atoms with van der Waals surface area (Å²) in [5.74, 6) is -5.64. The molecule has 3 fully saturated rings. The van der Waals surface area contributed by atoms with Gasteiger partial charge in [0, 0.05) is 22.5 Å². The molecule has 2 unspecified atom stereocenters. The molecule has 0 saturated heterocycles. The first-order chi connectivity index (χ1) is 23.6. The van der Waals surface area contributed by atoms with E-state index in [1.807, 2.05) is 18.2 Å². The van der Waals surface area contributed by atoms with Crippen LogP contribution in [0.15, 0.2) is 84.9 Å². The van der Waals surface area contributed by atoms with Crippen LogP contribution in [-0.2, 0) is 15.5 Å². The van der Waals surface area contributed by atoms with E-state index in [1.54, 1.807) is 54.6 Å². The topological polar surface area (TPSA) is 102 Å². The fourth-order valence-electron chi connectivity index (χ4n) is 8.32. The molecular weight excluding hydrogens is 646 g/mol. The normalized spacial score (nSPS) is 23.7. The first-order valence-corrected chi connectivity index (χ1v) is 17.7. The highest BCUT2D eigenvalue weighted by Gasteiger charge is 2.54. The van der Waals surface area contributed by atoms with Crippen molar-refractivity contribution in [2.45, 2.75) is 81.6 Å². The number of amides is 1. The largest absolute Gasteiger partial charge is 0.490 e. The third-order valence-corrected chi connectivity index (χ3v) is 11.1. The van der Waals surface area contributed by atoms with Gasteiger partial charge in [0.25, 0.3) is 11.8 Å². The summed E-state index contributed by atoms with van der Waals surface area (Å²) in [5.41, 5.74) is 7.56. The van der Waals surface area contributed by atoms with Crippen molar-refractivity contribution >= 4 is 34.1 Å². The fraction of sp³-hybridized carbons (Fsp3) is 0.400. The Bertz CT molecular complexity index is 1810.